The third kappa shape index (κ3) is 3.46. The van der Waals surface area contributed by atoms with E-state index in [4.69, 9.17) is 11.6 Å². The number of nitrogens with zero attached hydrogens (tertiary/aromatic N) is 3. The summed E-state index contributed by atoms with van der Waals surface area (Å²) < 4.78 is 0. The minimum Gasteiger partial charge on any atom is -0.378 e. The Kier molecular flexibility index (Phi) is 4.79. The SMILES string of the molecule is O=C(C(O)c1ccccc1)N1CCN(c2ccncc2Cl)CC1. The van der Waals surface area contributed by atoms with Gasteiger partial charge in [-0.2, -0.15) is 0 Å². The fourth-order valence-corrected chi connectivity index (χ4v) is 2.98. The van der Waals surface area contributed by atoms with Crippen LogP contribution < -0.4 is 4.90 Å². The maximum atomic E-state index is 12.4. The molecule has 0 saturated carbocycles. The molecule has 1 aliphatic rings. The van der Waals surface area contributed by atoms with Crippen LogP contribution in [0, 0.1) is 0 Å². The number of carbonyl (C=O) groups excluding carboxylic acids is 1. The number of pyridine rings is 1. The fourth-order valence-electron chi connectivity index (χ4n) is 2.74. The highest BCUT2D eigenvalue weighted by molar-refractivity contribution is 6.33. The molecule has 1 aromatic carbocycles. The van der Waals surface area contributed by atoms with Gasteiger partial charge in [-0.05, 0) is 11.6 Å². The first kappa shape index (κ1) is 15.8. The summed E-state index contributed by atoms with van der Waals surface area (Å²) in [6.07, 6.45) is 2.22. The number of aromatic nitrogens is 1. The zero-order valence-electron chi connectivity index (χ0n) is 12.6. The predicted octanol–water partition coefficient (Wildman–Crippen LogP) is 2.12. The van der Waals surface area contributed by atoms with Gasteiger partial charge in [0.15, 0.2) is 6.10 Å². The van der Waals surface area contributed by atoms with Crippen LogP contribution in [0.4, 0.5) is 5.69 Å². The molecule has 23 heavy (non-hydrogen) atoms. The molecule has 1 saturated heterocycles. The number of rotatable bonds is 3. The van der Waals surface area contributed by atoms with E-state index in [2.05, 4.69) is 9.88 Å². The van der Waals surface area contributed by atoms with Crippen LogP contribution in [0.2, 0.25) is 5.02 Å². The molecule has 2 aromatic rings. The van der Waals surface area contributed by atoms with Crippen LogP contribution in [0.25, 0.3) is 0 Å². The topological polar surface area (TPSA) is 56.7 Å². The van der Waals surface area contributed by atoms with Gasteiger partial charge in [0.05, 0.1) is 10.7 Å². The highest BCUT2D eigenvalue weighted by Crippen LogP contribution is 2.25. The maximum absolute atomic E-state index is 12.4. The van der Waals surface area contributed by atoms with Crippen LogP contribution in [-0.2, 0) is 4.79 Å². The van der Waals surface area contributed by atoms with Gasteiger partial charge in [-0.25, -0.2) is 0 Å². The summed E-state index contributed by atoms with van der Waals surface area (Å²) in [6.45, 7) is 2.47. The number of amides is 1. The average Bonchev–Trinajstić information content (AvgIpc) is 2.62. The smallest absolute Gasteiger partial charge is 0.256 e. The first-order chi connectivity index (χ1) is 11.2. The number of aliphatic hydroxyl groups is 1. The molecule has 5 nitrogen and oxygen atoms in total. The van der Waals surface area contributed by atoms with E-state index >= 15 is 0 Å². The molecule has 3 rings (SSSR count). The molecule has 6 heteroatoms. The third-order valence-corrected chi connectivity index (χ3v) is 4.32. The minimum atomic E-state index is -1.10. The predicted molar refractivity (Wildman–Crippen MR) is 89.4 cm³/mol. The second-order valence-corrected chi connectivity index (χ2v) is 5.86. The Hall–Kier alpha value is -2.11. The van der Waals surface area contributed by atoms with Crippen molar-refractivity contribution in [2.45, 2.75) is 6.10 Å². The van der Waals surface area contributed by atoms with Crippen molar-refractivity contribution in [2.24, 2.45) is 0 Å². The van der Waals surface area contributed by atoms with Gasteiger partial charge < -0.3 is 14.9 Å². The van der Waals surface area contributed by atoms with Gasteiger partial charge in [0.25, 0.3) is 5.91 Å². The molecule has 0 aliphatic carbocycles. The molecule has 1 aliphatic heterocycles. The molecular formula is C17H18ClN3O2. The number of anilines is 1. The largest absolute Gasteiger partial charge is 0.378 e. The van der Waals surface area contributed by atoms with Crippen molar-refractivity contribution >= 4 is 23.2 Å². The number of carbonyl (C=O) groups is 1. The number of piperazine rings is 1. The van der Waals surface area contributed by atoms with E-state index < -0.39 is 6.10 Å². The lowest BCUT2D eigenvalue weighted by molar-refractivity contribution is -0.140. The van der Waals surface area contributed by atoms with Gasteiger partial charge in [-0.15, -0.1) is 0 Å². The van der Waals surface area contributed by atoms with E-state index in [1.54, 1.807) is 29.4 Å². The summed E-state index contributed by atoms with van der Waals surface area (Å²) in [6, 6.07) is 10.9. The van der Waals surface area contributed by atoms with Crippen LogP contribution in [0.5, 0.6) is 0 Å². The normalized spacial score (nSPS) is 16.3. The Labute approximate surface area is 140 Å². The fraction of sp³-hybridized carbons (Fsp3) is 0.294. The molecular weight excluding hydrogens is 314 g/mol. The van der Waals surface area contributed by atoms with Gasteiger partial charge in [0.1, 0.15) is 0 Å². The van der Waals surface area contributed by atoms with Gasteiger partial charge in [0, 0.05) is 38.6 Å². The lowest BCUT2D eigenvalue weighted by Crippen LogP contribution is -2.50. The van der Waals surface area contributed by atoms with Crippen molar-refractivity contribution in [1.29, 1.82) is 0 Å². The highest BCUT2D eigenvalue weighted by atomic mass is 35.5. The quantitative estimate of drug-likeness (QED) is 0.936. The number of halogens is 1. The van der Waals surface area contributed by atoms with Crippen molar-refractivity contribution in [3.05, 3.63) is 59.4 Å². The molecule has 1 unspecified atom stereocenters. The van der Waals surface area contributed by atoms with Gasteiger partial charge in [-0.3, -0.25) is 9.78 Å². The summed E-state index contributed by atoms with van der Waals surface area (Å²) in [5.41, 5.74) is 1.55. The summed E-state index contributed by atoms with van der Waals surface area (Å²) in [5, 5.41) is 10.8. The van der Waals surface area contributed by atoms with Gasteiger partial charge >= 0.3 is 0 Å². The first-order valence-corrected chi connectivity index (χ1v) is 7.91. The van der Waals surface area contributed by atoms with Crippen LogP contribution in [0.3, 0.4) is 0 Å². The summed E-state index contributed by atoms with van der Waals surface area (Å²) in [5.74, 6) is -0.253. The first-order valence-electron chi connectivity index (χ1n) is 7.53. The van der Waals surface area contributed by atoms with E-state index in [0.29, 0.717) is 36.8 Å². The van der Waals surface area contributed by atoms with E-state index in [1.807, 2.05) is 24.3 Å². The Morgan fingerprint density at radius 2 is 1.83 bits per heavy atom. The summed E-state index contributed by atoms with van der Waals surface area (Å²) >= 11 is 6.16. The molecule has 120 valence electrons. The van der Waals surface area contributed by atoms with Crippen molar-refractivity contribution in [3.8, 4) is 0 Å². The Bertz CT molecular complexity index is 673. The summed E-state index contributed by atoms with van der Waals surface area (Å²) in [7, 11) is 0. The van der Waals surface area contributed by atoms with Crippen LogP contribution in [0.1, 0.15) is 11.7 Å². The molecule has 0 radical (unpaired) electrons. The lowest BCUT2D eigenvalue weighted by Gasteiger charge is -2.37. The molecule has 1 N–H and O–H groups in total. The molecule has 0 spiro atoms. The number of hydrogen-bond acceptors (Lipinski definition) is 4. The van der Waals surface area contributed by atoms with Gasteiger partial charge in [-0.1, -0.05) is 41.9 Å². The van der Waals surface area contributed by atoms with E-state index in [9.17, 15) is 9.90 Å². The highest BCUT2D eigenvalue weighted by Gasteiger charge is 2.27. The third-order valence-electron chi connectivity index (χ3n) is 4.03. The van der Waals surface area contributed by atoms with Crippen LogP contribution in [0.15, 0.2) is 48.8 Å². The summed E-state index contributed by atoms with van der Waals surface area (Å²) in [4.78, 5) is 20.2. The van der Waals surface area contributed by atoms with Gasteiger partial charge in [0.2, 0.25) is 0 Å². The average molecular weight is 332 g/mol. The molecule has 1 atom stereocenters. The molecule has 1 fully saturated rings. The molecule has 0 bridgehead atoms. The monoisotopic (exact) mass is 331 g/mol. The molecule has 2 heterocycles. The van der Waals surface area contributed by atoms with E-state index in [-0.39, 0.29) is 5.91 Å². The minimum absolute atomic E-state index is 0.253. The second kappa shape index (κ2) is 6.98. The number of benzene rings is 1. The standard InChI is InChI=1S/C17H18ClN3O2/c18-14-12-19-7-6-15(14)20-8-10-21(11-9-20)17(23)16(22)13-4-2-1-3-5-13/h1-7,12,16,22H,8-11H2. The molecule has 1 amide bonds. The van der Waals surface area contributed by atoms with Crippen LogP contribution >= 0.6 is 11.6 Å². The Morgan fingerprint density at radius 1 is 1.13 bits per heavy atom. The van der Waals surface area contributed by atoms with E-state index in [1.165, 1.54) is 0 Å². The lowest BCUT2D eigenvalue weighted by atomic mass is 10.1. The van der Waals surface area contributed by atoms with Crippen LogP contribution in [-0.4, -0.2) is 47.1 Å². The second-order valence-electron chi connectivity index (χ2n) is 5.45. The Balaban J connectivity index is 1.63. The zero-order chi connectivity index (χ0) is 16.2. The van der Waals surface area contributed by atoms with Crippen molar-refractivity contribution in [1.82, 2.24) is 9.88 Å². The van der Waals surface area contributed by atoms with Crippen molar-refractivity contribution in [2.75, 3.05) is 31.1 Å². The Morgan fingerprint density at radius 3 is 2.48 bits per heavy atom. The molecule has 1 aromatic heterocycles. The number of hydrogen-bond donors (Lipinski definition) is 1. The zero-order valence-corrected chi connectivity index (χ0v) is 13.4. The van der Waals surface area contributed by atoms with Crippen molar-refractivity contribution in [3.63, 3.8) is 0 Å². The van der Waals surface area contributed by atoms with Crippen molar-refractivity contribution < 1.29 is 9.90 Å². The maximum Gasteiger partial charge on any atom is 0.256 e. The van der Waals surface area contributed by atoms with E-state index in [0.717, 1.165) is 5.69 Å². The number of aliphatic hydroxyl groups excluding tert-OH is 1.